The summed E-state index contributed by atoms with van der Waals surface area (Å²) in [4.78, 5) is 18.3. The van der Waals surface area contributed by atoms with Crippen LogP contribution >= 0.6 is 11.6 Å². The lowest BCUT2D eigenvalue weighted by molar-refractivity contribution is 0.188. The van der Waals surface area contributed by atoms with E-state index in [2.05, 4.69) is 45.0 Å². The Morgan fingerprint density at radius 3 is 2.65 bits per heavy atom. The van der Waals surface area contributed by atoms with E-state index in [0.717, 1.165) is 49.8 Å². The van der Waals surface area contributed by atoms with Crippen molar-refractivity contribution >= 4 is 35.1 Å². The van der Waals surface area contributed by atoms with Crippen molar-refractivity contribution in [1.82, 2.24) is 14.9 Å². The number of β-amino-alcohol motifs (C(OH)–C–C–N with tert-alkyl or cyclic N) is 1. The lowest BCUT2D eigenvalue weighted by atomic mass is 10.1. The number of nitrogens with zero attached hydrogens (tertiary/aromatic N) is 5. The van der Waals surface area contributed by atoms with E-state index in [1.54, 1.807) is 0 Å². The third-order valence-corrected chi connectivity index (χ3v) is 6.63. The second kappa shape index (κ2) is 9.74. The largest absolute Gasteiger partial charge is 0.423 e. The number of aliphatic hydroxyl groups is 1. The fourth-order valence-electron chi connectivity index (χ4n) is 4.47. The molecule has 0 saturated carbocycles. The van der Waals surface area contributed by atoms with Crippen LogP contribution in [0.25, 0.3) is 6.08 Å². The van der Waals surface area contributed by atoms with Crippen molar-refractivity contribution in [2.45, 2.75) is 20.3 Å². The lowest BCUT2D eigenvalue weighted by Gasteiger charge is -2.35. The molecule has 3 aliphatic rings. The van der Waals surface area contributed by atoms with E-state index in [0.29, 0.717) is 29.7 Å². The summed E-state index contributed by atoms with van der Waals surface area (Å²) in [6.45, 7) is 9.04. The maximum absolute atomic E-state index is 9.23. The lowest BCUT2D eigenvalue weighted by Crippen LogP contribution is -2.47. The molecule has 1 saturated heterocycles. The van der Waals surface area contributed by atoms with E-state index in [1.807, 2.05) is 24.3 Å². The van der Waals surface area contributed by atoms with Gasteiger partial charge < -0.3 is 20.1 Å². The molecule has 2 aliphatic heterocycles. The number of aromatic nitrogens is 2. The molecule has 0 atom stereocenters. The zero-order valence-corrected chi connectivity index (χ0v) is 20.3. The number of ether oxygens (including phenoxy) is 1. The van der Waals surface area contributed by atoms with Gasteiger partial charge in [0.15, 0.2) is 0 Å². The third-order valence-electron chi connectivity index (χ3n) is 6.24. The van der Waals surface area contributed by atoms with Crippen LogP contribution in [-0.4, -0.2) is 71.7 Å². The molecule has 0 amide bonds. The molecule has 8 nitrogen and oxygen atoms in total. The first-order valence-electron chi connectivity index (χ1n) is 11.6. The molecule has 178 valence electrons. The fourth-order valence-corrected chi connectivity index (χ4v) is 4.74. The van der Waals surface area contributed by atoms with Gasteiger partial charge >= 0.3 is 6.01 Å². The molecular formula is C25H29ClN6O2. The van der Waals surface area contributed by atoms with Gasteiger partial charge in [-0.1, -0.05) is 29.3 Å². The fraction of sp³-hybridized carbons (Fsp3) is 0.400. The van der Waals surface area contributed by atoms with Crippen LogP contribution in [-0.2, 0) is 6.42 Å². The zero-order chi connectivity index (χ0) is 23.7. The highest BCUT2D eigenvalue weighted by atomic mass is 35.5. The SMILES string of the molecule is CC1=CC(Nc2cc(N3CCN(CCO)CC3)nc(Oc3ccc4c(c3Cl)C=C(C)C4)n2)=NC1. The highest BCUT2D eigenvalue weighted by Crippen LogP contribution is 2.38. The molecule has 9 heteroatoms. The highest BCUT2D eigenvalue weighted by molar-refractivity contribution is 6.33. The van der Waals surface area contributed by atoms with Crippen molar-refractivity contribution in [2.75, 3.05) is 56.1 Å². The van der Waals surface area contributed by atoms with Crippen molar-refractivity contribution in [3.8, 4) is 11.8 Å². The Morgan fingerprint density at radius 2 is 1.91 bits per heavy atom. The standard InChI is InChI=1S/C25H29ClN6O2/c1-16-11-18-3-4-20(24(26)19(18)12-16)34-25-29-22(28-21-13-17(2)15-27-21)14-23(30-25)32-7-5-31(6-8-32)9-10-33/h3-4,12-14,33H,5-11,15H2,1-2H3,(H,27,28,29,30). The number of aliphatic imine (C=N–C) groups is 1. The van der Waals surface area contributed by atoms with Gasteiger partial charge in [0, 0.05) is 44.4 Å². The number of allylic oxidation sites excluding steroid dienone is 1. The molecule has 1 aromatic carbocycles. The van der Waals surface area contributed by atoms with Crippen molar-refractivity contribution in [3.63, 3.8) is 0 Å². The molecule has 1 fully saturated rings. The summed E-state index contributed by atoms with van der Waals surface area (Å²) in [6, 6.07) is 6.10. The number of aliphatic hydroxyl groups excluding tert-OH is 1. The maximum Gasteiger partial charge on any atom is 0.325 e. The maximum atomic E-state index is 9.23. The molecule has 2 aromatic rings. The van der Waals surface area contributed by atoms with Crippen molar-refractivity contribution in [3.05, 3.63) is 51.6 Å². The Bertz CT molecular complexity index is 1180. The molecule has 3 heterocycles. The summed E-state index contributed by atoms with van der Waals surface area (Å²) in [5.74, 6) is 2.71. The number of hydrogen-bond donors (Lipinski definition) is 2. The van der Waals surface area contributed by atoms with Crippen LogP contribution in [0.15, 0.2) is 40.4 Å². The molecule has 5 rings (SSSR count). The summed E-state index contributed by atoms with van der Waals surface area (Å²) in [5, 5.41) is 13.1. The monoisotopic (exact) mass is 480 g/mol. The third kappa shape index (κ3) is 4.94. The smallest absolute Gasteiger partial charge is 0.325 e. The number of fused-ring (bicyclic) bond motifs is 1. The molecule has 34 heavy (non-hydrogen) atoms. The van der Waals surface area contributed by atoms with Crippen molar-refractivity contribution < 1.29 is 9.84 Å². The first-order valence-corrected chi connectivity index (χ1v) is 12.0. The second-order valence-corrected chi connectivity index (χ2v) is 9.36. The van der Waals surface area contributed by atoms with E-state index >= 15 is 0 Å². The second-order valence-electron chi connectivity index (χ2n) is 8.98. The highest BCUT2D eigenvalue weighted by Gasteiger charge is 2.22. The Morgan fingerprint density at radius 1 is 1.09 bits per heavy atom. The minimum absolute atomic E-state index is 0.171. The number of piperazine rings is 1. The Kier molecular flexibility index (Phi) is 6.54. The Hall–Kier alpha value is -2.94. The van der Waals surface area contributed by atoms with Crippen LogP contribution in [0.3, 0.4) is 0 Å². The summed E-state index contributed by atoms with van der Waals surface area (Å²) >= 11 is 6.69. The van der Waals surface area contributed by atoms with Gasteiger partial charge in [-0.2, -0.15) is 9.97 Å². The molecule has 0 bridgehead atoms. The zero-order valence-electron chi connectivity index (χ0n) is 19.5. The first-order chi connectivity index (χ1) is 16.5. The summed E-state index contributed by atoms with van der Waals surface area (Å²) < 4.78 is 6.14. The van der Waals surface area contributed by atoms with Crippen LogP contribution < -0.4 is 15.0 Å². The molecular weight excluding hydrogens is 452 g/mol. The quantitative estimate of drug-likeness (QED) is 0.650. The number of anilines is 2. The van der Waals surface area contributed by atoms with Gasteiger partial charge in [0.25, 0.3) is 0 Å². The van der Waals surface area contributed by atoms with Gasteiger partial charge in [-0.25, -0.2) is 0 Å². The molecule has 0 spiro atoms. The molecule has 1 aliphatic carbocycles. The Labute approximate surface area is 204 Å². The van der Waals surface area contributed by atoms with Crippen molar-refractivity contribution in [2.24, 2.45) is 4.99 Å². The summed E-state index contributed by atoms with van der Waals surface area (Å²) in [5.41, 5.74) is 4.68. The number of hydrogen-bond acceptors (Lipinski definition) is 8. The van der Waals surface area contributed by atoms with Crippen molar-refractivity contribution in [1.29, 1.82) is 0 Å². The number of nitrogens with one attached hydrogen (secondary N) is 1. The van der Waals surface area contributed by atoms with Crippen LogP contribution in [0.4, 0.5) is 11.6 Å². The summed E-state index contributed by atoms with van der Waals surface area (Å²) in [7, 11) is 0. The molecule has 0 unspecified atom stereocenters. The van der Waals surface area contributed by atoms with Gasteiger partial charge in [-0.05, 0) is 43.5 Å². The van der Waals surface area contributed by atoms with Crippen LogP contribution in [0.5, 0.6) is 11.8 Å². The predicted molar refractivity (Wildman–Crippen MR) is 136 cm³/mol. The van der Waals surface area contributed by atoms with E-state index in [1.165, 1.54) is 16.7 Å². The Balaban J connectivity index is 1.43. The molecule has 2 N–H and O–H groups in total. The van der Waals surface area contributed by atoms with Crippen LogP contribution in [0.2, 0.25) is 5.02 Å². The first kappa shape index (κ1) is 22.8. The number of rotatable bonds is 6. The van der Waals surface area contributed by atoms with Gasteiger partial charge in [-0.3, -0.25) is 9.89 Å². The van der Waals surface area contributed by atoms with Crippen LogP contribution in [0.1, 0.15) is 25.0 Å². The topological polar surface area (TPSA) is 86.1 Å². The van der Waals surface area contributed by atoms with E-state index < -0.39 is 0 Å². The average Bonchev–Trinajstić information content (AvgIpc) is 3.41. The van der Waals surface area contributed by atoms with Gasteiger partial charge in [0.2, 0.25) is 0 Å². The number of benzene rings is 1. The van der Waals surface area contributed by atoms with E-state index in [9.17, 15) is 5.11 Å². The van der Waals surface area contributed by atoms with Crippen LogP contribution in [0, 0.1) is 0 Å². The van der Waals surface area contributed by atoms with Gasteiger partial charge in [-0.15, -0.1) is 0 Å². The average molecular weight is 481 g/mol. The van der Waals surface area contributed by atoms with E-state index in [-0.39, 0.29) is 12.6 Å². The van der Waals surface area contributed by atoms with Gasteiger partial charge in [0.05, 0.1) is 18.2 Å². The number of amidine groups is 1. The normalized spacial score (nSPS) is 17.9. The minimum atomic E-state index is 0.171. The van der Waals surface area contributed by atoms with Gasteiger partial charge in [0.1, 0.15) is 23.2 Å². The summed E-state index contributed by atoms with van der Waals surface area (Å²) in [6.07, 6.45) is 5.03. The van der Waals surface area contributed by atoms with E-state index in [4.69, 9.17) is 21.3 Å². The minimum Gasteiger partial charge on any atom is -0.423 e. The molecule has 0 radical (unpaired) electrons. The molecule has 1 aromatic heterocycles. The number of halogens is 1. The predicted octanol–water partition coefficient (Wildman–Crippen LogP) is 3.77.